The van der Waals surface area contributed by atoms with Crippen LogP contribution in [-0.4, -0.2) is 39.8 Å². The normalized spacial score (nSPS) is 12.3. The molecule has 9 heteroatoms. The van der Waals surface area contributed by atoms with E-state index in [-0.39, 0.29) is 23.9 Å². The predicted octanol–water partition coefficient (Wildman–Crippen LogP) is 3.96. The lowest BCUT2D eigenvalue weighted by Gasteiger charge is -2.29. The Hall–Kier alpha value is -1.96. The van der Waals surface area contributed by atoms with E-state index in [1.165, 1.54) is 19.1 Å². The van der Waals surface area contributed by atoms with Crippen molar-refractivity contribution in [3.05, 3.63) is 57.6 Å². The molecule has 1 unspecified atom stereocenters. The molecule has 0 fully saturated rings. The van der Waals surface area contributed by atoms with E-state index in [1.807, 2.05) is 32.0 Å². The molecule has 1 amide bonds. The summed E-state index contributed by atoms with van der Waals surface area (Å²) in [5, 5.41) is 3.19. The lowest BCUT2D eigenvalue weighted by atomic mass is 10.1. The van der Waals surface area contributed by atoms with Crippen LogP contribution in [0.5, 0.6) is 5.75 Å². The van der Waals surface area contributed by atoms with Crippen molar-refractivity contribution in [2.75, 3.05) is 23.7 Å². The van der Waals surface area contributed by atoms with Gasteiger partial charge in [0.2, 0.25) is 15.9 Å². The summed E-state index contributed by atoms with van der Waals surface area (Å²) in [5.41, 5.74) is 2.22. The highest BCUT2D eigenvalue weighted by Crippen LogP contribution is 2.32. The van der Waals surface area contributed by atoms with Crippen molar-refractivity contribution in [1.29, 1.82) is 0 Å². The van der Waals surface area contributed by atoms with Gasteiger partial charge in [0.1, 0.15) is 18.4 Å². The van der Waals surface area contributed by atoms with Crippen molar-refractivity contribution < 1.29 is 17.9 Å². The fourth-order valence-corrected chi connectivity index (χ4v) is 4.39. The van der Waals surface area contributed by atoms with E-state index in [2.05, 4.69) is 5.32 Å². The van der Waals surface area contributed by atoms with E-state index < -0.39 is 22.0 Å². The van der Waals surface area contributed by atoms with Gasteiger partial charge in [0, 0.05) is 5.02 Å². The molecule has 0 aliphatic carbocycles. The summed E-state index contributed by atoms with van der Waals surface area (Å²) in [6.07, 6.45) is 1.01. The van der Waals surface area contributed by atoms with Crippen molar-refractivity contribution in [3.8, 4) is 5.75 Å². The number of sulfonamides is 1. The fraction of sp³-hybridized carbons (Fsp3) is 0.350. The van der Waals surface area contributed by atoms with Gasteiger partial charge in [0.15, 0.2) is 0 Å². The summed E-state index contributed by atoms with van der Waals surface area (Å²) >= 11 is 12.1. The number of nitrogens with zero attached hydrogens (tertiary/aromatic N) is 1. The molecule has 2 aromatic rings. The van der Waals surface area contributed by atoms with Crippen LogP contribution >= 0.6 is 23.2 Å². The number of aryl methyl sites for hydroxylation is 2. The lowest BCUT2D eigenvalue weighted by molar-refractivity contribution is -0.121. The van der Waals surface area contributed by atoms with Gasteiger partial charge in [-0.3, -0.25) is 9.10 Å². The first kappa shape index (κ1) is 23.3. The monoisotopic (exact) mass is 458 g/mol. The van der Waals surface area contributed by atoms with Gasteiger partial charge in [-0.25, -0.2) is 8.42 Å². The zero-order valence-corrected chi connectivity index (χ0v) is 19.0. The number of rotatable bonds is 8. The molecule has 0 saturated heterocycles. The standard InChI is InChI=1S/C20H24Cl2N2O4S/c1-13-5-6-14(2)19(11-13)28-10-9-23-20(25)15(3)24(29(4,26)27)18-12-16(21)7-8-17(18)22/h5-8,11-12,15H,9-10H2,1-4H3,(H,23,25). The molecule has 2 rings (SSSR count). The molecule has 2 aromatic carbocycles. The first-order chi connectivity index (χ1) is 13.5. The van der Waals surface area contributed by atoms with Crippen LogP contribution in [0, 0.1) is 13.8 Å². The zero-order valence-electron chi connectivity index (χ0n) is 16.7. The molecule has 0 saturated carbocycles. The van der Waals surface area contributed by atoms with Crippen LogP contribution in [-0.2, 0) is 14.8 Å². The number of benzene rings is 2. The third kappa shape index (κ3) is 6.26. The number of carbonyl (C=O) groups is 1. The molecule has 0 aliphatic heterocycles. The third-order valence-electron chi connectivity index (χ3n) is 4.24. The Morgan fingerprint density at radius 3 is 2.52 bits per heavy atom. The number of amides is 1. The van der Waals surface area contributed by atoms with Crippen molar-refractivity contribution in [2.45, 2.75) is 26.8 Å². The summed E-state index contributed by atoms with van der Waals surface area (Å²) in [6.45, 7) is 5.86. The van der Waals surface area contributed by atoms with Crippen LogP contribution in [0.15, 0.2) is 36.4 Å². The van der Waals surface area contributed by atoms with Gasteiger partial charge in [-0.05, 0) is 56.2 Å². The smallest absolute Gasteiger partial charge is 0.243 e. The maximum absolute atomic E-state index is 12.6. The molecule has 0 bridgehead atoms. The largest absolute Gasteiger partial charge is 0.491 e. The van der Waals surface area contributed by atoms with Crippen molar-refractivity contribution in [3.63, 3.8) is 0 Å². The first-order valence-corrected chi connectivity index (χ1v) is 11.5. The number of ether oxygens (including phenoxy) is 1. The van der Waals surface area contributed by atoms with Crippen LogP contribution in [0.1, 0.15) is 18.1 Å². The Bertz CT molecular complexity index is 996. The number of nitrogens with one attached hydrogen (secondary N) is 1. The Labute approximate surface area is 181 Å². The second kappa shape index (κ2) is 9.69. The number of carbonyl (C=O) groups excluding carboxylic acids is 1. The number of hydrogen-bond donors (Lipinski definition) is 1. The highest BCUT2D eigenvalue weighted by Gasteiger charge is 2.30. The summed E-state index contributed by atoms with van der Waals surface area (Å²) in [7, 11) is -3.79. The van der Waals surface area contributed by atoms with Gasteiger partial charge >= 0.3 is 0 Å². The minimum absolute atomic E-state index is 0.149. The SMILES string of the molecule is Cc1ccc(C)c(OCCNC(=O)C(C)N(c2cc(Cl)ccc2Cl)S(C)(=O)=O)c1. The fourth-order valence-electron chi connectivity index (χ4n) is 2.78. The van der Waals surface area contributed by atoms with E-state index in [0.29, 0.717) is 5.02 Å². The quantitative estimate of drug-likeness (QED) is 0.607. The first-order valence-electron chi connectivity index (χ1n) is 8.93. The zero-order chi connectivity index (χ0) is 21.8. The van der Waals surface area contributed by atoms with E-state index in [4.69, 9.17) is 27.9 Å². The second-order valence-corrected chi connectivity index (χ2v) is 9.44. The van der Waals surface area contributed by atoms with Crippen LogP contribution in [0.4, 0.5) is 5.69 Å². The van der Waals surface area contributed by atoms with Gasteiger partial charge in [-0.2, -0.15) is 0 Å². The Morgan fingerprint density at radius 2 is 1.86 bits per heavy atom. The molecule has 1 N–H and O–H groups in total. The molecule has 29 heavy (non-hydrogen) atoms. The average Bonchev–Trinajstić information content (AvgIpc) is 2.63. The van der Waals surface area contributed by atoms with E-state index in [9.17, 15) is 13.2 Å². The van der Waals surface area contributed by atoms with E-state index >= 15 is 0 Å². The Balaban J connectivity index is 2.06. The lowest BCUT2D eigenvalue weighted by Crippen LogP contribution is -2.48. The van der Waals surface area contributed by atoms with E-state index in [0.717, 1.165) is 27.4 Å². The summed E-state index contributed by atoms with van der Waals surface area (Å²) in [5.74, 6) is 0.270. The van der Waals surface area contributed by atoms with Crippen LogP contribution < -0.4 is 14.4 Å². The van der Waals surface area contributed by atoms with Gasteiger partial charge in [-0.1, -0.05) is 35.3 Å². The molecule has 0 heterocycles. The molecular weight excluding hydrogens is 435 g/mol. The highest BCUT2D eigenvalue weighted by atomic mass is 35.5. The van der Waals surface area contributed by atoms with Crippen LogP contribution in [0.2, 0.25) is 10.0 Å². The minimum Gasteiger partial charge on any atom is -0.491 e. The Kier molecular flexibility index (Phi) is 7.80. The maximum atomic E-state index is 12.6. The molecule has 158 valence electrons. The molecule has 0 spiro atoms. The van der Waals surface area contributed by atoms with E-state index in [1.54, 1.807) is 6.07 Å². The average molecular weight is 459 g/mol. The third-order valence-corrected chi connectivity index (χ3v) is 6.02. The van der Waals surface area contributed by atoms with Gasteiger partial charge in [0.05, 0.1) is 23.5 Å². The second-order valence-electron chi connectivity index (χ2n) is 6.74. The summed E-state index contributed by atoms with van der Waals surface area (Å²) in [4.78, 5) is 12.6. The van der Waals surface area contributed by atoms with Crippen molar-refractivity contribution in [2.24, 2.45) is 0 Å². The van der Waals surface area contributed by atoms with Gasteiger partial charge < -0.3 is 10.1 Å². The maximum Gasteiger partial charge on any atom is 0.243 e. The molecule has 1 atom stereocenters. The van der Waals surface area contributed by atoms with Crippen molar-refractivity contribution >= 4 is 44.8 Å². The number of halogens is 2. The predicted molar refractivity (Wildman–Crippen MR) is 118 cm³/mol. The number of hydrogen-bond acceptors (Lipinski definition) is 4. The van der Waals surface area contributed by atoms with Crippen LogP contribution in [0.25, 0.3) is 0 Å². The van der Waals surface area contributed by atoms with Crippen molar-refractivity contribution in [1.82, 2.24) is 5.32 Å². The minimum atomic E-state index is -3.79. The Morgan fingerprint density at radius 1 is 1.17 bits per heavy atom. The van der Waals surface area contributed by atoms with Crippen LogP contribution in [0.3, 0.4) is 0 Å². The molecular formula is C20H24Cl2N2O4S. The number of anilines is 1. The highest BCUT2D eigenvalue weighted by molar-refractivity contribution is 7.92. The molecule has 6 nitrogen and oxygen atoms in total. The summed E-state index contributed by atoms with van der Waals surface area (Å²) in [6, 6.07) is 9.30. The molecule has 0 aliphatic rings. The van der Waals surface area contributed by atoms with Gasteiger partial charge in [0.25, 0.3) is 0 Å². The summed E-state index contributed by atoms with van der Waals surface area (Å²) < 4.78 is 31.4. The van der Waals surface area contributed by atoms with Gasteiger partial charge in [-0.15, -0.1) is 0 Å². The molecule has 0 aromatic heterocycles. The molecule has 0 radical (unpaired) electrons. The topological polar surface area (TPSA) is 75.7 Å².